The summed E-state index contributed by atoms with van der Waals surface area (Å²) in [6.07, 6.45) is 0.342. The summed E-state index contributed by atoms with van der Waals surface area (Å²) < 4.78 is 3.65. The van der Waals surface area contributed by atoms with E-state index in [4.69, 9.17) is 11.6 Å². The molecule has 0 saturated carbocycles. The molecular formula is C15H22ClN5O. The van der Waals surface area contributed by atoms with Gasteiger partial charge in [-0.25, -0.2) is 0 Å². The lowest BCUT2D eigenvalue weighted by atomic mass is 10.3. The van der Waals surface area contributed by atoms with Crippen molar-refractivity contribution in [3.63, 3.8) is 0 Å². The minimum Gasteiger partial charge on any atom is -0.323 e. The third-order valence-electron chi connectivity index (χ3n) is 3.79. The number of hydrogen-bond acceptors (Lipinski definition) is 3. The Morgan fingerprint density at radius 2 is 1.73 bits per heavy atom. The molecule has 1 N–H and O–H groups in total. The van der Waals surface area contributed by atoms with Crippen LogP contribution in [0.5, 0.6) is 0 Å². The van der Waals surface area contributed by atoms with E-state index in [1.165, 1.54) is 0 Å². The van der Waals surface area contributed by atoms with E-state index >= 15 is 0 Å². The summed E-state index contributed by atoms with van der Waals surface area (Å²) in [4.78, 5) is 12.2. The van der Waals surface area contributed by atoms with E-state index in [0.29, 0.717) is 18.0 Å². The standard InChI is InChI=1S/C15H22ClN5O/c1-6-20-12(5)15(10(3)19-20)17-13(22)7-8-21-11(4)14(16)9(2)18-21/h6-8H2,1-5H3,(H,17,22). The second-order valence-corrected chi connectivity index (χ2v) is 5.75. The fraction of sp³-hybridized carbons (Fsp3) is 0.533. The molecule has 0 unspecified atom stereocenters. The number of halogens is 1. The molecule has 0 spiro atoms. The topological polar surface area (TPSA) is 64.7 Å². The van der Waals surface area contributed by atoms with Gasteiger partial charge in [-0.1, -0.05) is 11.6 Å². The van der Waals surface area contributed by atoms with Crippen LogP contribution in [0.2, 0.25) is 5.02 Å². The van der Waals surface area contributed by atoms with Crippen LogP contribution in [0.4, 0.5) is 5.69 Å². The van der Waals surface area contributed by atoms with Gasteiger partial charge in [0.2, 0.25) is 5.91 Å². The molecule has 0 aliphatic heterocycles. The maximum absolute atomic E-state index is 12.2. The molecule has 2 aromatic heterocycles. The molecular weight excluding hydrogens is 302 g/mol. The van der Waals surface area contributed by atoms with Crippen molar-refractivity contribution in [3.05, 3.63) is 27.8 Å². The first kappa shape index (κ1) is 16.5. The van der Waals surface area contributed by atoms with Gasteiger partial charge in [0.15, 0.2) is 0 Å². The van der Waals surface area contributed by atoms with Gasteiger partial charge in [0.05, 0.1) is 40.0 Å². The maximum atomic E-state index is 12.2. The zero-order valence-corrected chi connectivity index (χ0v) is 14.5. The van der Waals surface area contributed by atoms with E-state index < -0.39 is 0 Å². The Hall–Kier alpha value is -1.82. The smallest absolute Gasteiger partial charge is 0.226 e. The van der Waals surface area contributed by atoms with Crippen LogP contribution in [0.25, 0.3) is 0 Å². The zero-order chi connectivity index (χ0) is 16.4. The number of rotatable bonds is 5. The summed E-state index contributed by atoms with van der Waals surface area (Å²) in [6.45, 7) is 10.9. The van der Waals surface area contributed by atoms with E-state index in [2.05, 4.69) is 15.5 Å². The fourth-order valence-electron chi connectivity index (χ4n) is 2.49. The van der Waals surface area contributed by atoms with Gasteiger partial charge >= 0.3 is 0 Å². The van der Waals surface area contributed by atoms with Gasteiger partial charge in [-0.05, 0) is 34.6 Å². The van der Waals surface area contributed by atoms with E-state index in [1.807, 2.05) is 39.3 Å². The Balaban J connectivity index is 2.02. The van der Waals surface area contributed by atoms with Crippen LogP contribution in [0.1, 0.15) is 36.1 Å². The van der Waals surface area contributed by atoms with Crippen LogP contribution in [-0.2, 0) is 17.9 Å². The van der Waals surface area contributed by atoms with E-state index in [9.17, 15) is 4.79 Å². The normalized spacial score (nSPS) is 11.0. The molecule has 7 heteroatoms. The summed E-state index contributed by atoms with van der Waals surface area (Å²) in [5.41, 5.74) is 4.29. The van der Waals surface area contributed by atoms with Crippen molar-refractivity contribution in [2.24, 2.45) is 0 Å². The van der Waals surface area contributed by atoms with Gasteiger partial charge in [-0.2, -0.15) is 10.2 Å². The zero-order valence-electron chi connectivity index (χ0n) is 13.7. The Labute approximate surface area is 135 Å². The Kier molecular flexibility index (Phi) is 4.90. The first-order valence-electron chi connectivity index (χ1n) is 7.38. The number of aromatic nitrogens is 4. The van der Waals surface area contributed by atoms with Crippen LogP contribution in [0.3, 0.4) is 0 Å². The van der Waals surface area contributed by atoms with Crippen LogP contribution >= 0.6 is 11.6 Å². The highest BCUT2D eigenvalue weighted by Crippen LogP contribution is 2.21. The first-order chi connectivity index (χ1) is 10.3. The summed E-state index contributed by atoms with van der Waals surface area (Å²) in [6, 6.07) is 0. The van der Waals surface area contributed by atoms with Gasteiger partial charge in [0, 0.05) is 13.0 Å². The fourth-order valence-corrected chi connectivity index (χ4v) is 2.62. The summed E-state index contributed by atoms with van der Waals surface area (Å²) in [5, 5.41) is 12.3. The van der Waals surface area contributed by atoms with E-state index in [1.54, 1.807) is 4.68 Å². The van der Waals surface area contributed by atoms with Crippen molar-refractivity contribution in [2.45, 2.75) is 54.1 Å². The molecule has 22 heavy (non-hydrogen) atoms. The lowest BCUT2D eigenvalue weighted by Crippen LogP contribution is -2.16. The van der Waals surface area contributed by atoms with Gasteiger partial charge in [0.1, 0.15) is 0 Å². The summed E-state index contributed by atoms with van der Waals surface area (Å²) in [7, 11) is 0. The number of nitrogens with one attached hydrogen (secondary N) is 1. The average molecular weight is 324 g/mol. The molecule has 0 aliphatic rings. The molecule has 0 aromatic carbocycles. The maximum Gasteiger partial charge on any atom is 0.226 e. The van der Waals surface area contributed by atoms with Crippen molar-refractivity contribution in [1.29, 1.82) is 0 Å². The average Bonchev–Trinajstić information content (AvgIpc) is 2.89. The number of anilines is 1. The highest BCUT2D eigenvalue weighted by atomic mass is 35.5. The van der Waals surface area contributed by atoms with Crippen molar-refractivity contribution in [1.82, 2.24) is 19.6 Å². The predicted octanol–water partition coefficient (Wildman–Crippen LogP) is 3.02. The predicted molar refractivity (Wildman–Crippen MR) is 87.3 cm³/mol. The number of amides is 1. The number of carbonyl (C=O) groups excluding carboxylic acids is 1. The Morgan fingerprint density at radius 3 is 2.23 bits per heavy atom. The third kappa shape index (κ3) is 3.16. The van der Waals surface area contributed by atoms with Gasteiger partial charge in [0.25, 0.3) is 0 Å². The van der Waals surface area contributed by atoms with Crippen molar-refractivity contribution < 1.29 is 4.79 Å². The minimum absolute atomic E-state index is 0.0504. The molecule has 2 rings (SSSR count). The lowest BCUT2D eigenvalue weighted by Gasteiger charge is -2.07. The van der Waals surface area contributed by atoms with Crippen LogP contribution in [-0.4, -0.2) is 25.5 Å². The third-order valence-corrected chi connectivity index (χ3v) is 4.34. The monoisotopic (exact) mass is 323 g/mol. The molecule has 0 saturated heterocycles. The van der Waals surface area contributed by atoms with Crippen LogP contribution in [0, 0.1) is 27.7 Å². The molecule has 6 nitrogen and oxygen atoms in total. The molecule has 2 aromatic rings. The molecule has 0 atom stereocenters. The molecule has 0 aliphatic carbocycles. The molecule has 1 amide bonds. The summed E-state index contributed by atoms with van der Waals surface area (Å²) in [5.74, 6) is -0.0504. The van der Waals surface area contributed by atoms with Crippen molar-refractivity contribution >= 4 is 23.2 Å². The van der Waals surface area contributed by atoms with E-state index in [-0.39, 0.29) is 5.91 Å². The van der Waals surface area contributed by atoms with Gasteiger partial charge in [-0.3, -0.25) is 14.2 Å². The number of aryl methyl sites for hydroxylation is 4. The Morgan fingerprint density at radius 1 is 1.09 bits per heavy atom. The first-order valence-corrected chi connectivity index (χ1v) is 7.76. The molecule has 0 bridgehead atoms. The van der Waals surface area contributed by atoms with Crippen molar-refractivity contribution in [2.75, 3.05) is 5.32 Å². The Bertz CT molecular complexity index is 701. The quantitative estimate of drug-likeness (QED) is 0.919. The molecule has 2 heterocycles. The van der Waals surface area contributed by atoms with Gasteiger partial charge in [-0.15, -0.1) is 0 Å². The van der Waals surface area contributed by atoms with Crippen LogP contribution < -0.4 is 5.32 Å². The second kappa shape index (κ2) is 6.52. The van der Waals surface area contributed by atoms with Gasteiger partial charge < -0.3 is 5.32 Å². The number of hydrogen-bond donors (Lipinski definition) is 1. The molecule has 0 radical (unpaired) electrons. The highest BCUT2D eigenvalue weighted by Gasteiger charge is 2.14. The number of nitrogens with zero attached hydrogens (tertiary/aromatic N) is 4. The van der Waals surface area contributed by atoms with Crippen molar-refractivity contribution in [3.8, 4) is 0 Å². The molecule has 120 valence electrons. The number of carbonyl (C=O) groups is 1. The molecule has 0 fully saturated rings. The second-order valence-electron chi connectivity index (χ2n) is 5.37. The van der Waals surface area contributed by atoms with Crippen LogP contribution in [0.15, 0.2) is 0 Å². The van der Waals surface area contributed by atoms with E-state index in [0.717, 1.165) is 35.0 Å². The minimum atomic E-state index is -0.0504. The summed E-state index contributed by atoms with van der Waals surface area (Å²) >= 11 is 6.11. The highest BCUT2D eigenvalue weighted by molar-refractivity contribution is 6.31. The lowest BCUT2D eigenvalue weighted by molar-refractivity contribution is -0.116. The SMILES string of the molecule is CCn1nc(C)c(NC(=O)CCn2nc(C)c(Cl)c2C)c1C. The largest absolute Gasteiger partial charge is 0.323 e.